The van der Waals surface area contributed by atoms with Crippen molar-refractivity contribution >= 4 is 0 Å². The van der Waals surface area contributed by atoms with Crippen LogP contribution in [0.15, 0.2) is 30.3 Å². The van der Waals surface area contributed by atoms with Crippen molar-refractivity contribution < 1.29 is 4.74 Å². The highest BCUT2D eigenvalue weighted by molar-refractivity contribution is 5.13. The van der Waals surface area contributed by atoms with E-state index in [0.717, 1.165) is 19.1 Å². The Morgan fingerprint density at radius 1 is 0.920 bits per heavy atom. The summed E-state index contributed by atoms with van der Waals surface area (Å²) < 4.78 is 5.22. The van der Waals surface area contributed by atoms with Crippen molar-refractivity contribution in [3.63, 3.8) is 0 Å². The smallest absolute Gasteiger partial charge is 0.0716 e. The second-order valence-corrected chi connectivity index (χ2v) is 6.77. The van der Waals surface area contributed by atoms with Gasteiger partial charge in [0, 0.05) is 32.8 Å². The molecule has 0 radical (unpaired) electrons. The Labute approximate surface area is 157 Å². The first-order chi connectivity index (χ1) is 12.1. The van der Waals surface area contributed by atoms with Gasteiger partial charge in [0.1, 0.15) is 0 Å². The van der Waals surface area contributed by atoms with Gasteiger partial charge in [-0.15, -0.1) is 0 Å². The van der Waals surface area contributed by atoms with E-state index in [0.29, 0.717) is 0 Å². The zero-order valence-electron chi connectivity index (χ0n) is 17.6. The number of hydrogen-bond acceptors (Lipinski definition) is 3. The van der Waals surface area contributed by atoms with Crippen LogP contribution < -0.4 is 0 Å². The molecule has 146 valence electrons. The highest BCUT2D eigenvalue weighted by Crippen LogP contribution is 2.24. The molecule has 0 N–H and O–H groups in total. The number of benzene rings is 1. The van der Waals surface area contributed by atoms with E-state index in [9.17, 15) is 0 Å². The summed E-state index contributed by atoms with van der Waals surface area (Å²) in [6.45, 7) is 14.8. The Bertz CT molecular complexity index is 361. The Balaban J connectivity index is 0.000000343. The third kappa shape index (κ3) is 14.0. The monoisotopic (exact) mass is 350 g/mol. The van der Waals surface area contributed by atoms with Crippen LogP contribution in [0, 0.1) is 5.92 Å². The first-order valence-electron chi connectivity index (χ1n) is 10.1. The third-order valence-electron chi connectivity index (χ3n) is 4.44. The maximum atomic E-state index is 5.22. The molecule has 0 unspecified atom stereocenters. The van der Waals surface area contributed by atoms with Crippen molar-refractivity contribution in [1.29, 1.82) is 0 Å². The van der Waals surface area contributed by atoms with Crippen LogP contribution in [-0.4, -0.2) is 56.7 Å². The van der Waals surface area contributed by atoms with E-state index in [4.69, 9.17) is 4.74 Å². The molecule has 3 heteroatoms. The average Bonchev–Trinajstić information content (AvgIpc) is 2.64. The Morgan fingerprint density at radius 3 is 1.68 bits per heavy atom. The van der Waals surface area contributed by atoms with Crippen LogP contribution in [0.1, 0.15) is 52.5 Å². The number of hydrogen-bond donors (Lipinski definition) is 0. The molecular weight excluding hydrogens is 308 g/mol. The van der Waals surface area contributed by atoms with Crippen LogP contribution in [0.25, 0.3) is 0 Å². The van der Waals surface area contributed by atoms with Crippen molar-refractivity contribution in [2.24, 2.45) is 5.92 Å². The van der Waals surface area contributed by atoms with E-state index in [2.05, 4.69) is 43.0 Å². The summed E-state index contributed by atoms with van der Waals surface area (Å²) in [5.41, 5.74) is 1.24. The minimum Gasteiger partial charge on any atom is -0.377 e. The molecule has 25 heavy (non-hydrogen) atoms. The number of likely N-dealkylation sites (N-methyl/N-ethyl adjacent to an activating group) is 2. The lowest BCUT2D eigenvalue weighted by atomic mass is 9.88. The standard InChI is InChI=1S/C9H12O.C6H14N2.C5H10.C2H6/c1-2-10-8-9-6-4-3-5-7-9;1-7-3-5-8(2)6-4-7;1-5-3-2-4-5;1-2/h3-7H,2,8H2,1H3;3-6H2,1-2H3;5H,2-4H2,1H3;1-2H3. The highest BCUT2D eigenvalue weighted by Gasteiger charge is 2.09. The molecule has 3 nitrogen and oxygen atoms in total. The van der Waals surface area contributed by atoms with Crippen LogP contribution in [0.5, 0.6) is 0 Å². The molecule has 0 amide bonds. The summed E-state index contributed by atoms with van der Waals surface area (Å²) in [5, 5.41) is 0. The minimum atomic E-state index is 0.733. The summed E-state index contributed by atoms with van der Waals surface area (Å²) in [7, 11) is 4.35. The molecule has 0 atom stereocenters. The van der Waals surface area contributed by atoms with Gasteiger partial charge in [0.05, 0.1) is 6.61 Å². The molecule has 1 aliphatic carbocycles. The van der Waals surface area contributed by atoms with Crippen molar-refractivity contribution in [3.05, 3.63) is 35.9 Å². The van der Waals surface area contributed by atoms with E-state index < -0.39 is 0 Å². The zero-order chi connectivity index (χ0) is 18.9. The van der Waals surface area contributed by atoms with Crippen molar-refractivity contribution in [2.75, 3.05) is 46.9 Å². The first-order valence-corrected chi connectivity index (χ1v) is 10.1. The van der Waals surface area contributed by atoms with Gasteiger partial charge in [0.15, 0.2) is 0 Å². The molecule has 1 heterocycles. The molecule has 1 saturated carbocycles. The maximum Gasteiger partial charge on any atom is 0.0716 e. The van der Waals surface area contributed by atoms with Gasteiger partial charge in [-0.1, -0.05) is 70.4 Å². The minimum absolute atomic E-state index is 0.733. The van der Waals surface area contributed by atoms with Crippen LogP contribution in [-0.2, 0) is 11.3 Å². The van der Waals surface area contributed by atoms with Gasteiger partial charge in [-0.25, -0.2) is 0 Å². The Hall–Kier alpha value is -0.900. The zero-order valence-corrected chi connectivity index (χ0v) is 17.6. The summed E-state index contributed by atoms with van der Waals surface area (Å²) in [6, 6.07) is 10.2. The summed E-state index contributed by atoms with van der Waals surface area (Å²) in [4.78, 5) is 4.72. The van der Waals surface area contributed by atoms with Gasteiger partial charge in [0.25, 0.3) is 0 Å². The van der Waals surface area contributed by atoms with E-state index in [1.54, 1.807) is 0 Å². The molecule has 3 rings (SSSR count). The van der Waals surface area contributed by atoms with Crippen molar-refractivity contribution in [2.45, 2.75) is 53.6 Å². The molecule has 0 bridgehead atoms. The Morgan fingerprint density at radius 2 is 1.36 bits per heavy atom. The predicted octanol–water partition coefficient (Wildman–Crippen LogP) is 4.92. The summed E-state index contributed by atoms with van der Waals surface area (Å²) >= 11 is 0. The molecule has 1 saturated heterocycles. The molecule has 1 aromatic rings. The van der Waals surface area contributed by atoms with Gasteiger partial charge in [-0.3, -0.25) is 0 Å². The lowest BCUT2D eigenvalue weighted by Gasteiger charge is -2.28. The molecule has 2 aliphatic rings. The fraction of sp³-hybridized carbons (Fsp3) is 0.727. The molecule has 1 aliphatic heterocycles. The third-order valence-corrected chi connectivity index (χ3v) is 4.44. The molecule has 0 spiro atoms. The predicted molar refractivity (Wildman–Crippen MR) is 111 cm³/mol. The van der Waals surface area contributed by atoms with E-state index >= 15 is 0 Å². The van der Waals surface area contributed by atoms with E-state index in [1.807, 2.05) is 39.0 Å². The number of ether oxygens (including phenoxy) is 1. The van der Waals surface area contributed by atoms with Crippen molar-refractivity contribution in [3.8, 4) is 0 Å². The van der Waals surface area contributed by atoms with Crippen LogP contribution in [0.3, 0.4) is 0 Å². The van der Waals surface area contributed by atoms with Crippen molar-refractivity contribution in [1.82, 2.24) is 9.80 Å². The summed E-state index contributed by atoms with van der Waals surface area (Å²) in [6.07, 6.45) is 4.46. The quantitative estimate of drug-likeness (QED) is 0.769. The molecule has 2 fully saturated rings. The maximum absolute atomic E-state index is 5.22. The first kappa shape index (κ1) is 24.1. The SMILES string of the molecule is CC.CC1CCC1.CCOCc1ccccc1.CN1CCN(C)CC1. The molecule has 1 aromatic carbocycles. The summed E-state index contributed by atoms with van der Waals surface area (Å²) in [5.74, 6) is 1.06. The normalized spacial score (nSPS) is 17.7. The molecule has 0 aromatic heterocycles. The highest BCUT2D eigenvalue weighted by atomic mass is 16.5. The fourth-order valence-corrected chi connectivity index (χ4v) is 2.31. The van der Waals surface area contributed by atoms with Crippen LogP contribution in [0.4, 0.5) is 0 Å². The van der Waals surface area contributed by atoms with Gasteiger partial charge >= 0.3 is 0 Å². The van der Waals surface area contributed by atoms with E-state index in [-0.39, 0.29) is 0 Å². The molecular formula is C22H42N2O. The largest absolute Gasteiger partial charge is 0.377 e. The van der Waals surface area contributed by atoms with E-state index in [1.165, 1.54) is 51.0 Å². The number of rotatable bonds is 3. The Kier molecular flexibility index (Phi) is 16.0. The van der Waals surface area contributed by atoms with Gasteiger partial charge in [-0.2, -0.15) is 0 Å². The van der Waals surface area contributed by atoms with Crippen LogP contribution in [0.2, 0.25) is 0 Å². The lowest BCUT2D eigenvalue weighted by molar-refractivity contribution is 0.134. The topological polar surface area (TPSA) is 15.7 Å². The fourth-order valence-electron chi connectivity index (χ4n) is 2.31. The van der Waals surface area contributed by atoms with Gasteiger partial charge in [0.2, 0.25) is 0 Å². The lowest BCUT2D eigenvalue weighted by Crippen LogP contribution is -2.42. The van der Waals surface area contributed by atoms with Crippen LogP contribution >= 0.6 is 0 Å². The average molecular weight is 351 g/mol. The van der Waals surface area contributed by atoms with Gasteiger partial charge < -0.3 is 14.5 Å². The number of piperazine rings is 1. The second-order valence-electron chi connectivity index (χ2n) is 6.77. The van der Waals surface area contributed by atoms with Gasteiger partial charge in [-0.05, 0) is 32.5 Å². The second kappa shape index (κ2) is 16.6. The number of nitrogens with zero attached hydrogens (tertiary/aromatic N) is 2.